The van der Waals surface area contributed by atoms with Gasteiger partial charge in [-0.2, -0.15) is 0 Å². The van der Waals surface area contributed by atoms with Crippen molar-refractivity contribution in [1.29, 1.82) is 0 Å². The van der Waals surface area contributed by atoms with Gasteiger partial charge in [0.05, 0.1) is 12.2 Å². The van der Waals surface area contributed by atoms with Gasteiger partial charge in [0.2, 0.25) is 0 Å². The van der Waals surface area contributed by atoms with Gasteiger partial charge in [-0.05, 0) is 32.1 Å². The van der Waals surface area contributed by atoms with Gasteiger partial charge in [0.15, 0.2) is 0 Å². The van der Waals surface area contributed by atoms with Crippen LogP contribution in [0.1, 0.15) is 39.0 Å². The summed E-state index contributed by atoms with van der Waals surface area (Å²) in [5, 5.41) is 19.4. The Labute approximate surface area is 79.3 Å². The Morgan fingerprint density at radius 3 is 2.92 bits per heavy atom. The van der Waals surface area contributed by atoms with E-state index in [0.29, 0.717) is 0 Å². The minimum Gasteiger partial charge on any atom is -0.392 e. The lowest BCUT2D eigenvalue weighted by Crippen LogP contribution is -2.40. The summed E-state index contributed by atoms with van der Waals surface area (Å²) in [5.41, 5.74) is 1.25. The van der Waals surface area contributed by atoms with Gasteiger partial charge >= 0.3 is 0 Å². The van der Waals surface area contributed by atoms with Gasteiger partial charge < -0.3 is 10.2 Å². The maximum Gasteiger partial charge on any atom is 0.0724 e. The maximum atomic E-state index is 9.93. The molecule has 0 heterocycles. The third-order valence-electron chi connectivity index (χ3n) is 3.75. The van der Waals surface area contributed by atoms with Crippen molar-refractivity contribution in [3.05, 3.63) is 11.6 Å². The predicted molar refractivity (Wildman–Crippen MR) is 51.3 cm³/mol. The van der Waals surface area contributed by atoms with Crippen molar-refractivity contribution in [3.63, 3.8) is 0 Å². The molecule has 3 atom stereocenters. The fourth-order valence-corrected chi connectivity index (χ4v) is 2.67. The molecule has 2 heteroatoms. The summed E-state index contributed by atoms with van der Waals surface area (Å²) >= 11 is 0. The molecule has 1 fully saturated rings. The Morgan fingerprint density at radius 1 is 1.38 bits per heavy atom. The lowest BCUT2D eigenvalue weighted by Gasteiger charge is -2.44. The molecule has 0 spiro atoms. The van der Waals surface area contributed by atoms with Gasteiger partial charge in [0.25, 0.3) is 0 Å². The van der Waals surface area contributed by atoms with Crippen LogP contribution in [-0.2, 0) is 0 Å². The molecule has 2 aliphatic rings. The van der Waals surface area contributed by atoms with Crippen molar-refractivity contribution in [2.45, 2.75) is 51.2 Å². The summed E-state index contributed by atoms with van der Waals surface area (Å²) in [7, 11) is 0. The first-order chi connectivity index (χ1) is 6.13. The highest BCUT2D eigenvalue weighted by atomic mass is 16.3. The fraction of sp³-hybridized carbons (Fsp3) is 0.818. The molecule has 2 aliphatic carbocycles. The Balaban J connectivity index is 2.29. The molecule has 0 aromatic carbocycles. The SMILES string of the molecule is C[C@]12CC[C@H](O)C=C1CCC[C@H]2O. The quantitative estimate of drug-likeness (QED) is 0.559. The average molecular weight is 182 g/mol. The highest BCUT2D eigenvalue weighted by Gasteiger charge is 2.41. The summed E-state index contributed by atoms with van der Waals surface area (Å²) in [4.78, 5) is 0. The van der Waals surface area contributed by atoms with Crippen LogP contribution in [0.2, 0.25) is 0 Å². The highest BCUT2D eigenvalue weighted by Crippen LogP contribution is 2.47. The van der Waals surface area contributed by atoms with E-state index < -0.39 is 0 Å². The standard InChI is InChI=1S/C11H18O2/c1-11-6-5-9(12)7-8(11)3-2-4-10(11)13/h7,9-10,12-13H,2-6H2,1H3/t9-,10+,11-/m0/s1. The molecular formula is C11H18O2. The molecule has 2 nitrogen and oxygen atoms in total. The first-order valence-corrected chi connectivity index (χ1v) is 5.20. The van der Waals surface area contributed by atoms with E-state index in [1.54, 1.807) is 0 Å². The van der Waals surface area contributed by atoms with E-state index in [1.807, 2.05) is 6.08 Å². The molecule has 0 amide bonds. The molecule has 0 saturated heterocycles. The Hall–Kier alpha value is -0.340. The van der Waals surface area contributed by atoms with Gasteiger partial charge in [-0.3, -0.25) is 0 Å². The topological polar surface area (TPSA) is 40.5 Å². The molecule has 0 bridgehead atoms. The van der Waals surface area contributed by atoms with Crippen LogP contribution in [-0.4, -0.2) is 22.4 Å². The van der Waals surface area contributed by atoms with E-state index in [4.69, 9.17) is 0 Å². The summed E-state index contributed by atoms with van der Waals surface area (Å²) in [6.45, 7) is 2.13. The third-order valence-corrected chi connectivity index (χ3v) is 3.75. The van der Waals surface area contributed by atoms with Crippen LogP contribution < -0.4 is 0 Å². The fourth-order valence-electron chi connectivity index (χ4n) is 2.67. The Bertz CT molecular complexity index is 234. The molecule has 0 unspecified atom stereocenters. The normalized spacial score (nSPS) is 45.3. The predicted octanol–water partition coefficient (Wildman–Crippen LogP) is 1.62. The van der Waals surface area contributed by atoms with Crippen LogP contribution in [0.3, 0.4) is 0 Å². The molecular weight excluding hydrogens is 164 g/mol. The minimum absolute atomic E-state index is 0.0303. The zero-order chi connectivity index (χ0) is 9.47. The first kappa shape index (κ1) is 9.22. The lowest BCUT2D eigenvalue weighted by molar-refractivity contribution is 0.0145. The van der Waals surface area contributed by atoms with E-state index in [9.17, 15) is 10.2 Å². The monoisotopic (exact) mass is 182 g/mol. The van der Waals surface area contributed by atoms with Crippen molar-refractivity contribution in [1.82, 2.24) is 0 Å². The molecule has 74 valence electrons. The van der Waals surface area contributed by atoms with E-state index in [2.05, 4.69) is 6.92 Å². The number of aliphatic hydroxyl groups is 2. The summed E-state index contributed by atoms with van der Waals surface area (Å²) in [6, 6.07) is 0. The van der Waals surface area contributed by atoms with E-state index in [1.165, 1.54) is 5.57 Å². The van der Waals surface area contributed by atoms with E-state index in [0.717, 1.165) is 32.1 Å². The van der Waals surface area contributed by atoms with E-state index >= 15 is 0 Å². The summed E-state index contributed by atoms with van der Waals surface area (Å²) in [5.74, 6) is 0. The molecule has 2 rings (SSSR count). The van der Waals surface area contributed by atoms with Crippen LogP contribution in [0.15, 0.2) is 11.6 Å². The zero-order valence-electron chi connectivity index (χ0n) is 8.16. The minimum atomic E-state index is -0.270. The average Bonchev–Trinajstić information content (AvgIpc) is 2.09. The molecule has 0 aromatic heterocycles. The molecule has 0 aromatic rings. The summed E-state index contributed by atoms with van der Waals surface area (Å²) in [6.07, 6.45) is 6.28. The largest absolute Gasteiger partial charge is 0.392 e. The van der Waals surface area contributed by atoms with Crippen LogP contribution in [0.5, 0.6) is 0 Å². The van der Waals surface area contributed by atoms with Crippen molar-refractivity contribution in [2.24, 2.45) is 5.41 Å². The number of rotatable bonds is 0. The van der Waals surface area contributed by atoms with Crippen LogP contribution in [0, 0.1) is 5.41 Å². The Kier molecular flexibility index (Phi) is 2.20. The maximum absolute atomic E-state index is 9.93. The van der Waals surface area contributed by atoms with E-state index in [-0.39, 0.29) is 17.6 Å². The van der Waals surface area contributed by atoms with Gasteiger partial charge in [-0.15, -0.1) is 0 Å². The van der Waals surface area contributed by atoms with Gasteiger partial charge in [-0.1, -0.05) is 18.6 Å². The lowest BCUT2D eigenvalue weighted by atomic mass is 9.64. The number of aliphatic hydroxyl groups excluding tert-OH is 2. The van der Waals surface area contributed by atoms with Crippen molar-refractivity contribution in [2.75, 3.05) is 0 Å². The van der Waals surface area contributed by atoms with Crippen molar-refractivity contribution in [3.8, 4) is 0 Å². The second-order valence-corrected chi connectivity index (χ2v) is 4.62. The van der Waals surface area contributed by atoms with Crippen LogP contribution >= 0.6 is 0 Å². The molecule has 13 heavy (non-hydrogen) atoms. The van der Waals surface area contributed by atoms with Gasteiger partial charge in [0.1, 0.15) is 0 Å². The molecule has 2 N–H and O–H groups in total. The first-order valence-electron chi connectivity index (χ1n) is 5.20. The number of hydrogen-bond acceptors (Lipinski definition) is 2. The number of fused-ring (bicyclic) bond motifs is 1. The van der Waals surface area contributed by atoms with Crippen LogP contribution in [0.25, 0.3) is 0 Å². The van der Waals surface area contributed by atoms with Crippen LogP contribution in [0.4, 0.5) is 0 Å². The third kappa shape index (κ3) is 1.42. The summed E-state index contributed by atoms with van der Waals surface area (Å²) < 4.78 is 0. The Morgan fingerprint density at radius 2 is 2.15 bits per heavy atom. The number of hydrogen-bond donors (Lipinski definition) is 2. The highest BCUT2D eigenvalue weighted by molar-refractivity contribution is 5.22. The smallest absolute Gasteiger partial charge is 0.0724 e. The van der Waals surface area contributed by atoms with Gasteiger partial charge in [0, 0.05) is 5.41 Å². The molecule has 1 saturated carbocycles. The van der Waals surface area contributed by atoms with Gasteiger partial charge in [-0.25, -0.2) is 0 Å². The second-order valence-electron chi connectivity index (χ2n) is 4.62. The second kappa shape index (κ2) is 3.10. The molecule has 0 radical (unpaired) electrons. The van der Waals surface area contributed by atoms with Crippen molar-refractivity contribution < 1.29 is 10.2 Å². The van der Waals surface area contributed by atoms with Crippen molar-refractivity contribution >= 4 is 0 Å². The zero-order valence-corrected chi connectivity index (χ0v) is 8.16. The molecule has 0 aliphatic heterocycles.